The number of nitrogen functional groups attached to an aromatic ring is 1. The van der Waals surface area contributed by atoms with Crippen molar-refractivity contribution >= 4 is 17.6 Å². The van der Waals surface area contributed by atoms with Gasteiger partial charge >= 0.3 is 0 Å². The van der Waals surface area contributed by atoms with Crippen molar-refractivity contribution < 1.29 is 4.39 Å². The molecule has 1 aromatic carbocycles. The van der Waals surface area contributed by atoms with Crippen LogP contribution in [0.4, 0.5) is 10.2 Å². The van der Waals surface area contributed by atoms with Crippen molar-refractivity contribution in [2.45, 2.75) is 10.8 Å². The van der Waals surface area contributed by atoms with Crippen LogP contribution in [0, 0.1) is 5.82 Å². The molecule has 0 atom stereocenters. The van der Waals surface area contributed by atoms with Crippen LogP contribution in [0.5, 0.6) is 0 Å². The molecule has 0 aliphatic carbocycles. The Morgan fingerprint density at radius 1 is 1.12 bits per heavy atom. The number of anilines is 1. The third-order valence-corrected chi connectivity index (χ3v) is 3.05. The average Bonchev–Trinajstić information content (AvgIpc) is 2.28. The van der Waals surface area contributed by atoms with E-state index in [1.165, 1.54) is 12.1 Å². The SMILES string of the molecule is Nc1cccc(SCc2ccc(F)cc2)n1. The van der Waals surface area contributed by atoms with Crippen LogP contribution in [0.2, 0.25) is 0 Å². The van der Waals surface area contributed by atoms with Crippen LogP contribution in [-0.4, -0.2) is 4.98 Å². The molecule has 16 heavy (non-hydrogen) atoms. The Labute approximate surface area is 97.7 Å². The maximum Gasteiger partial charge on any atom is 0.124 e. The lowest BCUT2D eigenvalue weighted by molar-refractivity contribution is 0.627. The zero-order valence-electron chi connectivity index (χ0n) is 8.56. The van der Waals surface area contributed by atoms with E-state index in [1.54, 1.807) is 30.0 Å². The van der Waals surface area contributed by atoms with Crippen LogP contribution < -0.4 is 5.73 Å². The van der Waals surface area contributed by atoms with E-state index in [0.29, 0.717) is 5.82 Å². The number of thioether (sulfide) groups is 1. The molecule has 2 aromatic rings. The highest BCUT2D eigenvalue weighted by atomic mass is 32.2. The second-order valence-corrected chi connectivity index (χ2v) is 4.31. The van der Waals surface area contributed by atoms with Gasteiger partial charge in [0, 0.05) is 5.75 Å². The number of hydrogen-bond acceptors (Lipinski definition) is 3. The van der Waals surface area contributed by atoms with Crippen molar-refractivity contribution in [1.82, 2.24) is 4.98 Å². The maximum absolute atomic E-state index is 12.7. The van der Waals surface area contributed by atoms with Crippen LogP contribution in [-0.2, 0) is 5.75 Å². The van der Waals surface area contributed by atoms with Gasteiger partial charge in [-0.1, -0.05) is 18.2 Å². The highest BCUT2D eigenvalue weighted by Crippen LogP contribution is 2.21. The summed E-state index contributed by atoms with van der Waals surface area (Å²) >= 11 is 1.58. The van der Waals surface area contributed by atoms with Crippen LogP contribution >= 0.6 is 11.8 Å². The molecule has 0 saturated heterocycles. The van der Waals surface area contributed by atoms with E-state index in [0.717, 1.165) is 16.3 Å². The Balaban J connectivity index is 1.99. The third-order valence-electron chi connectivity index (χ3n) is 2.05. The molecule has 4 heteroatoms. The Kier molecular flexibility index (Phi) is 3.41. The zero-order valence-corrected chi connectivity index (χ0v) is 9.38. The molecule has 0 unspecified atom stereocenters. The largest absolute Gasteiger partial charge is 0.384 e. The second kappa shape index (κ2) is 4.99. The minimum Gasteiger partial charge on any atom is -0.384 e. The zero-order chi connectivity index (χ0) is 11.4. The maximum atomic E-state index is 12.7. The fraction of sp³-hybridized carbons (Fsp3) is 0.0833. The summed E-state index contributed by atoms with van der Waals surface area (Å²) in [6, 6.07) is 12.0. The Bertz CT molecular complexity index is 471. The van der Waals surface area contributed by atoms with Gasteiger partial charge in [-0.2, -0.15) is 0 Å². The van der Waals surface area contributed by atoms with Gasteiger partial charge in [-0.3, -0.25) is 0 Å². The van der Waals surface area contributed by atoms with E-state index in [1.807, 2.05) is 12.1 Å². The van der Waals surface area contributed by atoms with Gasteiger partial charge in [0.2, 0.25) is 0 Å². The summed E-state index contributed by atoms with van der Waals surface area (Å²) in [5, 5.41) is 0.879. The first kappa shape index (κ1) is 11.0. The highest BCUT2D eigenvalue weighted by Gasteiger charge is 1.98. The molecule has 0 aliphatic rings. The fourth-order valence-corrected chi connectivity index (χ4v) is 2.10. The van der Waals surface area contributed by atoms with E-state index in [-0.39, 0.29) is 5.82 Å². The van der Waals surface area contributed by atoms with Gasteiger partial charge in [-0.25, -0.2) is 9.37 Å². The molecule has 0 bridgehead atoms. The lowest BCUT2D eigenvalue weighted by Crippen LogP contribution is -1.90. The lowest BCUT2D eigenvalue weighted by atomic mass is 10.2. The van der Waals surface area contributed by atoms with Crippen molar-refractivity contribution in [2.24, 2.45) is 0 Å². The van der Waals surface area contributed by atoms with Crippen LogP contribution in [0.1, 0.15) is 5.56 Å². The molecule has 2 nitrogen and oxygen atoms in total. The van der Waals surface area contributed by atoms with Gasteiger partial charge in [0.25, 0.3) is 0 Å². The van der Waals surface area contributed by atoms with Crippen molar-refractivity contribution in [2.75, 3.05) is 5.73 Å². The van der Waals surface area contributed by atoms with Crippen molar-refractivity contribution in [3.8, 4) is 0 Å². The summed E-state index contributed by atoms with van der Waals surface area (Å²) in [5.41, 5.74) is 6.64. The normalized spacial score (nSPS) is 10.3. The first-order valence-electron chi connectivity index (χ1n) is 4.84. The van der Waals surface area contributed by atoms with Gasteiger partial charge in [0.15, 0.2) is 0 Å². The highest BCUT2D eigenvalue weighted by molar-refractivity contribution is 7.98. The molecule has 0 fully saturated rings. The average molecular weight is 234 g/mol. The number of halogens is 1. The quantitative estimate of drug-likeness (QED) is 0.829. The minimum absolute atomic E-state index is 0.212. The van der Waals surface area contributed by atoms with Gasteiger partial charge in [0.05, 0.1) is 5.03 Å². The van der Waals surface area contributed by atoms with Gasteiger partial charge in [-0.05, 0) is 29.8 Å². The summed E-state index contributed by atoms with van der Waals surface area (Å²) in [6.45, 7) is 0. The molecule has 2 N–H and O–H groups in total. The van der Waals surface area contributed by atoms with Crippen LogP contribution in [0.3, 0.4) is 0 Å². The van der Waals surface area contributed by atoms with Gasteiger partial charge in [-0.15, -0.1) is 11.8 Å². The predicted molar refractivity (Wildman–Crippen MR) is 64.6 cm³/mol. The fourth-order valence-electron chi connectivity index (χ4n) is 1.25. The number of benzene rings is 1. The summed E-state index contributed by atoms with van der Waals surface area (Å²) in [4.78, 5) is 4.17. The summed E-state index contributed by atoms with van der Waals surface area (Å²) in [7, 11) is 0. The molecule has 0 saturated carbocycles. The van der Waals surface area contributed by atoms with E-state index in [2.05, 4.69) is 4.98 Å². The topological polar surface area (TPSA) is 38.9 Å². The van der Waals surface area contributed by atoms with Crippen LogP contribution in [0.25, 0.3) is 0 Å². The number of hydrogen-bond donors (Lipinski definition) is 1. The lowest BCUT2D eigenvalue weighted by Gasteiger charge is -2.02. The minimum atomic E-state index is -0.212. The number of rotatable bonds is 3. The molecule has 0 spiro atoms. The molecule has 0 amide bonds. The van der Waals surface area contributed by atoms with Gasteiger partial charge in [0.1, 0.15) is 11.6 Å². The number of pyridine rings is 1. The molecular weight excluding hydrogens is 223 g/mol. The van der Waals surface area contributed by atoms with Gasteiger partial charge < -0.3 is 5.73 Å². The Morgan fingerprint density at radius 2 is 1.88 bits per heavy atom. The molecule has 0 radical (unpaired) electrons. The standard InChI is InChI=1S/C12H11FN2S/c13-10-6-4-9(5-7-10)8-16-12-3-1-2-11(14)15-12/h1-7H,8H2,(H2,14,15). The number of aromatic nitrogens is 1. The molecule has 0 aliphatic heterocycles. The molecular formula is C12H11FN2S. The first-order chi connectivity index (χ1) is 7.74. The van der Waals surface area contributed by atoms with Crippen molar-refractivity contribution in [3.63, 3.8) is 0 Å². The van der Waals surface area contributed by atoms with E-state index in [9.17, 15) is 4.39 Å². The summed E-state index contributed by atoms with van der Waals surface area (Å²) in [5.74, 6) is 1.07. The van der Waals surface area contributed by atoms with Crippen molar-refractivity contribution in [3.05, 3.63) is 53.8 Å². The number of nitrogens with zero attached hydrogens (tertiary/aromatic N) is 1. The van der Waals surface area contributed by atoms with E-state index >= 15 is 0 Å². The third kappa shape index (κ3) is 2.97. The predicted octanol–water partition coefficient (Wildman–Crippen LogP) is 3.10. The number of nitrogens with two attached hydrogens (primary N) is 1. The molecule has 1 aromatic heterocycles. The Hall–Kier alpha value is -1.55. The second-order valence-electron chi connectivity index (χ2n) is 3.32. The summed E-state index contributed by atoms with van der Waals surface area (Å²) in [6.07, 6.45) is 0. The smallest absolute Gasteiger partial charge is 0.124 e. The van der Waals surface area contributed by atoms with E-state index in [4.69, 9.17) is 5.73 Å². The first-order valence-corrected chi connectivity index (χ1v) is 5.82. The monoisotopic (exact) mass is 234 g/mol. The molecule has 2 rings (SSSR count). The Morgan fingerprint density at radius 3 is 2.56 bits per heavy atom. The van der Waals surface area contributed by atoms with Crippen LogP contribution in [0.15, 0.2) is 47.5 Å². The van der Waals surface area contributed by atoms with Crippen molar-refractivity contribution in [1.29, 1.82) is 0 Å². The summed E-state index contributed by atoms with van der Waals surface area (Å²) < 4.78 is 12.7. The molecule has 1 heterocycles. The molecule has 82 valence electrons. The van der Waals surface area contributed by atoms with E-state index < -0.39 is 0 Å².